The summed E-state index contributed by atoms with van der Waals surface area (Å²) in [6, 6.07) is 15.3. The lowest BCUT2D eigenvalue weighted by Gasteiger charge is -2.12. The summed E-state index contributed by atoms with van der Waals surface area (Å²) >= 11 is 0. The molecule has 0 saturated carbocycles. The van der Waals surface area contributed by atoms with Crippen molar-refractivity contribution in [3.63, 3.8) is 0 Å². The Hall–Kier alpha value is -5.32. The number of rotatable bonds is 8. The van der Waals surface area contributed by atoms with E-state index in [1.165, 1.54) is 30.6 Å². The predicted molar refractivity (Wildman–Crippen MR) is 145 cm³/mol. The third-order valence-corrected chi connectivity index (χ3v) is 5.69. The van der Waals surface area contributed by atoms with Crippen LogP contribution in [0.1, 0.15) is 42.2 Å². The summed E-state index contributed by atoms with van der Waals surface area (Å²) in [5.74, 6) is -1.25. The van der Waals surface area contributed by atoms with Gasteiger partial charge in [0.05, 0.1) is 23.6 Å². The Labute approximate surface area is 227 Å². The standard InChI is InChI=1S/C29H22F3N5O3/c1-3-25(38)18-6-5-9-21(13-18)37-28-33-15-23(16-34-28)36-27(40)24-14-22(11-10-17(24)2)35-26(39)19-7-4-8-20(12-19)29(30,31)32/h3-16H,1H2,2H3,(H,35,39)(H,36,40)(H,33,34,37). The van der Waals surface area contributed by atoms with Gasteiger partial charge in [0.15, 0.2) is 5.78 Å². The molecule has 0 atom stereocenters. The number of aryl methyl sites for hydroxylation is 1. The molecule has 2 amide bonds. The fourth-order valence-corrected chi connectivity index (χ4v) is 3.64. The minimum Gasteiger partial charge on any atom is -0.324 e. The van der Waals surface area contributed by atoms with Crippen LogP contribution in [0.15, 0.2) is 91.8 Å². The molecule has 40 heavy (non-hydrogen) atoms. The Kier molecular flexibility index (Phi) is 8.04. The Balaban J connectivity index is 1.43. The van der Waals surface area contributed by atoms with Crippen LogP contribution >= 0.6 is 0 Å². The molecule has 1 heterocycles. The number of carbonyl (C=O) groups is 3. The van der Waals surface area contributed by atoms with Crippen LogP contribution in [0.5, 0.6) is 0 Å². The zero-order valence-electron chi connectivity index (χ0n) is 21.0. The van der Waals surface area contributed by atoms with Gasteiger partial charge >= 0.3 is 6.18 Å². The van der Waals surface area contributed by atoms with Crippen molar-refractivity contribution in [1.29, 1.82) is 0 Å². The van der Waals surface area contributed by atoms with E-state index in [9.17, 15) is 27.6 Å². The van der Waals surface area contributed by atoms with Crippen LogP contribution in [0.3, 0.4) is 0 Å². The molecular weight excluding hydrogens is 523 g/mol. The summed E-state index contributed by atoms with van der Waals surface area (Å²) in [4.78, 5) is 45.7. The molecule has 0 bridgehead atoms. The minimum absolute atomic E-state index is 0.175. The van der Waals surface area contributed by atoms with Gasteiger partial charge in [-0.15, -0.1) is 0 Å². The molecule has 0 aliphatic heterocycles. The lowest BCUT2D eigenvalue weighted by Crippen LogP contribution is -2.16. The first-order valence-electron chi connectivity index (χ1n) is 11.8. The number of alkyl halides is 3. The van der Waals surface area contributed by atoms with E-state index in [2.05, 4.69) is 32.5 Å². The van der Waals surface area contributed by atoms with E-state index < -0.39 is 23.6 Å². The van der Waals surface area contributed by atoms with Gasteiger partial charge in [0.25, 0.3) is 11.8 Å². The third kappa shape index (κ3) is 6.76. The second kappa shape index (κ2) is 11.6. The van der Waals surface area contributed by atoms with Crippen molar-refractivity contribution in [3.8, 4) is 0 Å². The molecule has 3 N–H and O–H groups in total. The van der Waals surface area contributed by atoms with Crippen LogP contribution in [0.4, 0.5) is 36.2 Å². The number of anilines is 4. The maximum absolute atomic E-state index is 13.0. The highest BCUT2D eigenvalue weighted by atomic mass is 19.4. The van der Waals surface area contributed by atoms with Gasteiger partial charge in [0, 0.05) is 28.1 Å². The Bertz CT molecular complexity index is 1600. The highest BCUT2D eigenvalue weighted by molar-refractivity contribution is 6.08. The molecule has 0 saturated heterocycles. The van der Waals surface area contributed by atoms with E-state index in [0.29, 0.717) is 22.5 Å². The van der Waals surface area contributed by atoms with Crippen molar-refractivity contribution in [2.45, 2.75) is 13.1 Å². The van der Waals surface area contributed by atoms with E-state index in [4.69, 9.17) is 0 Å². The molecule has 4 rings (SSSR count). The average molecular weight is 546 g/mol. The molecule has 0 unspecified atom stereocenters. The number of nitrogens with one attached hydrogen (secondary N) is 3. The van der Waals surface area contributed by atoms with Crippen LogP contribution in [0.25, 0.3) is 0 Å². The summed E-state index contributed by atoms with van der Waals surface area (Å²) < 4.78 is 39.0. The summed E-state index contributed by atoms with van der Waals surface area (Å²) in [7, 11) is 0. The quantitative estimate of drug-likeness (QED) is 0.174. The maximum Gasteiger partial charge on any atom is 0.416 e. The van der Waals surface area contributed by atoms with Crippen molar-refractivity contribution >= 4 is 40.6 Å². The number of halogens is 3. The predicted octanol–water partition coefficient (Wildman–Crippen LogP) is 6.42. The molecule has 0 radical (unpaired) electrons. The van der Waals surface area contributed by atoms with Gasteiger partial charge in [-0.05, 0) is 61.0 Å². The van der Waals surface area contributed by atoms with Crippen molar-refractivity contribution < 1.29 is 27.6 Å². The highest BCUT2D eigenvalue weighted by Crippen LogP contribution is 2.30. The van der Waals surface area contributed by atoms with Crippen LogP contribution in [0.2, 0.25) is 0 Å². The number of benzene rings is 3. The topological polar surface area (TPSA) is 113 Å². The molecule has 3 aromatic carbocycles. The number of hydrogen-bond acceptors (Lipinski definition) is 6. The molecular formula is C29H22F3N5O3. The summed E-state index contributed by atoms with van der Waals surface area (Å²) in [6.45, 7) is 5.17. The van der Waals surface area contributed by atoms with Crippen molar-refractivity contribution in [1.82, 2.24) is 9.97 Å². The smallest absolute Gasteiger partial charge is 0.324 e. The van der Waals surface area contributed by atoms with E-state index >= 15 is 0 Å². The van der Waals surface area contributed by atoms with E-state index in [1.54, 1.807) is 43.3 Å². The van der Waals surface area contributed by atoms with Crippen LogP contribution in [-0.4, -0.2) is 27.6 Å². The van der Waals surface area contributed by atoms with Gasteiger partial charge in [-0.3, -0.25) is 14.4 Å². The van der Waals surface area contributed by atoms with Gasteiger partial charge in [0.1, 0.15) is 0 Å². The maximum atomic E-state index is 13.0. The number of aromatic nitrogens is 2. The molecule has 0 spiro atoms. The first kappa shape index (κ1) is 27.7. The minimum atomic E-state index is -4.58. The number of hydrogen-bond donors (Lipinski definition) is 3. The van der Waals surface area contributed by atoms with Gasteiger partial charge in [-0.1, -0.05) is 30.8 Å². The van der Waals surface area contributed by atoms with Gasteiger partial charge < -0.3 is 16.0 Å². The van der Waals surface area contributed by atoms with E-state index in [1.807, 2.05) is 0 Å². The molecule has 1 aromatic heterocycles. The number of nitrogens with zero attached hydrogens (tertiary/aromatic N) is 2. The Morgan fingerprint density at radius 1 is 0.800 bits per heavy atom. The molecule has 4 aromatic rings. The second-order valence-electron chi connectivity index (χ2n) is 8.59. The zero-order chi connectivity index (χ0) is 28.9. The highest BCUT2D eigenvalue weighted by Gasteiger charge is 2.31. The van der Waals surface area contributed by atoms with Crippen molar-refractivity contribution in [3.05, 3.63) is 120 Å². The Morgan fingerprint density at radius 2 is 1.48 bits per heavy atom. The fourth-order valence-electron chi connectivity index (χ4n) is 3.64. The molecule has 0 fully saturated rings. The number of carbonyl (C=O) groups excluding carboxylic acids is 3. The summed E-state index contributed by atoms with van der Waals surface area (Å²) in [5, 5.41) is 8.17. The third-order valence-electron chi connectivity index (χ3n) is 5.69. The average Bonchev–Trinajstić information content (AvgIpc) is 2.94. The number of amides is 2. The lowest BCUT2D eigenvalue weighted by molar-refractivity contribution is -0.137. The first-order chi connectivity index (χ1) is 19.0. The molecule has 8 nitrogen and oxygen atoms in total. The van der Waals surface area contributed by atoms with E-state index in [0.717, 1.165) is 18.2 Å². The normalized spacial score (nSPS) is 10.9. The van der Waals surface area contributed by atoms with Gasteiger partial charge in [-0.25, -0.2) is 9.97 Å². The van der Waals surface area contributed by atoms with Crippen LogP contribution in [-0.2, 0) is 6.18 Å². The SMILES string of the molecule is C=CC(=O)c1cccc(Nc2ncc(NC(=O)c3cc(NC(=O)c4cccc(C(F)(F)F)c4)ccc3C)cn2)c1. The summed E-state index contributed by atoms with van der Waals surface area (Å²) in [6.07, 6.45) is -0.587. The lowest BCUT2D eigenvalue weighted by atomic mass is 10.1. The first-order valence-corrected chi connectivity index (χ1v) is 11.8. The molecule has 0 aliphatic rings. The van der Waals surface area contributed by atoms with Crippen LogP contribution < -0.4 is 16.0 Å². The van der Waals surface area contributed by atoms with Crippen LogP contribution in [0, 0.1) is 6.92 Å². The fraction of sp³-hybridized carbons (Fsp3) is 0.0690. The number of ketones is 1. The number of allylic oxidation sites excluding steroid dienone is 1. The van der Waals surface area contributed by atoms with E-state index in [-0.39, 0.29) is 28.5 Å². The van der Waals surface area contributed by atoms with Gasteiger partial charge in [-0.2, -0.15) is 13.2 Å². The van der Waals surface area contributed by atoms with Crippen molar-refractivity contribution in [2.75, 3.05) is 16.0 Å². The Morgan fingerprint density at radius 3 is 2.17 bits per heavy atom. The zero-order valence-corrected chi connectivity index (χ0v) is 21.0. The molecule has 0 aliphatic carbocycles. The summed E-state index contributed by atoms with van der Waals surface area (Å²) in [5.41, 5.74) is 1.28. The van der Waals surface area contributed by atoms with Crippen molar-refractivity contribution in [2.24, 2.45) is 0 Å². The van der Waals surface area contributed by atoms with Gasteiger partial charge in [0.2, 0.25) is 5.95 Å². The second-order valence-corrected chi connectivity index (χ2v) is 8.59. The molecule has 11 heteroatoms. The monoisotopic (exact) mass is 545 g/mol. The largest absolute Gasteiger partial charge is 0.416 e. The molecule has 202 valence electrons.